The number of aryl methyl sites for hydroxylation is 3. The Labute approximate surface area is 134 Å². The molecule has 0 radical (unpaired) electrons. The lowest BCUT2D eigenvalue weighted by Crippen LogP contribution is -2.30. The van der Waals surface area contributed by atoms with Gasteiger partial charge in [0.25, 0.3) is 5.91 Å². The summed E-state index contributed by atoms with van der Waals surface area (Å²) in [6.07, 6.45) is -0.852. The summed E-state index contributed by atoms with van der Waals surface area (Å²) in [5, 5.41) is 4.64. The molecule has 1 amide bonds. The number of anilines is 1. The molecule has 116 valence electrons. The molecule has 0 unspecified atom stereocenters. The van der Waals surface area contributed by atoms with Crippen LogP contribution in [0.25, 0.3) is 0 Å². The third-order valence-corrected chi connectivity index (χ3v) is 4.15. The lowest BCUT2D eigenvalue weighted by atomic mass is 10.0. The Kier molecular flexibility index (Phi) is 4.98. The Bertz CT molecular complexity index is 669. The Morgan fingerprint density at radius 3 is 2.36 bits per heavy atom. The van der Waals surface area contributed by atoms with E-state index in [0.717, 1.165) is 22.4 Å². The predicted octanol–water partition coefficient (Wildman–Crippen LogP) is 3.86. The molecule has 0 aliphatic carbocycles. The highest BCUT2D eigenvalue weighted by atomic mass is 32.1. The zero-order chi connectivity index (χ0) is 16.3. The van der Waals surface area contributed by atoms with Gasteiger partial charge in [-0.25, -0.2) is 4.79 Å². The third kappa shape index (κ3) is 3.74. The topological polar surface area (TPSA) is 55.4 Å². The zero-order valence-electron chi connectivity index (χ0n) is 13.1. The number of hydrogen-bond acceptors (Lipinski definition) is 4. The molecule has 2 aromatic rings. The van der Waals surface area contributed by atoms with Crippen molar-refractivity contribution in [1.29, 1.82) is 0 Å². The van der Waals surface area contributed by atoms with E-state index in [4.69, 9.17) is 4.74 Å². The summed E-state index contributed by atoms with van der Waals surface area (Å²) in [7, 11) is 0. The summed E-state index contributed by atoms with van der Waals surface area (Å²) in [5.41, 5.74) is 3.89. The van der Waals surface area contributed by atoms with Gasteiger partial charge in [0.15, 0.2) is 6.10 Å². The first-order valence-electron chi connectivity index (χ1n) is 7.01. The maximum absolute atomic E-state index is 12.2. The minimum Gasteiger partial charge on any atom is -0.448 e. The molecule has 4 nitrogen and oxygen atoms in total. The SMILES string of the molecule is Cc1cc(C)c(NC(=O)[C@@H](C)OC(=O)c2cccs2)c(C)c1. The molecule has 1 heterocycles. The maximum Gasteiger partial charge on any atom is 0.349 e. The first kappa shape index (κ1) is 16.2. The number of ether oxygens (including phenoxy) is 1. The van der Waals surface area contributed by atoms with Crippen LogP contribution in [0.5, 0.6) is 0 Å². The van der Waals surface area contributed by atoms with Crippen LogP contribution < -0.4 is 5.32 Å². The van der Waals surface area contributed by atoms with Gasteiger partial charge in [0.05, 0.1) is 0 Å². The molecule has 0 bridgehead atoms. The van der Waals surface area contributed by atoms with E-state index in [1.807, 2.05) is 32.9 Å². The molecule has 22 heavy (non-hydrogen) atoms. The molecule has 1 atom stereocenters. The van der Waals surface area contributed by atoms with Crippen molar-refractivity contribution >= 4 is 28.9 Å². The van der Waals surface area contributed by atoms with E-state index in [-0.39, 0.29) is 5.91 Å². The number of esters is 1. The number of hydrogen-bond donors (Lipinski definition) is 1. The maximum atomic E-state index is 12.2. The Hall–Kier alpha value is -2.14. The normalized spacial score (nSPS) is 11.8. The quantitative estimate of drug-likeness (QED) is 0.871. The van der Waals surface area contributed by atoms with Gasteiger partial charge >= 0.3 is 5.97 Å². The first-order valence-corrected chi connectivity index (χ1v) is 7.89. The highest BCUT2D eigenvalue weighted by molar-refractivity contribution is 7.11. The van der Waals surface area contributed by atoms with Crippen molar-refractivity contribution in [3.8, 4) is 0 Å². The lowest BCUT2D eigenvalue weighted by Gasteiger charge is -2.16. The molecule has 1 N–H and O–H groups in total. The smallest absolute Gasteiger partial charge is 0.349 e. The van der Waals surface area contributed by atoms with Gasteiger partial charge in [0.2, 0.25) is 0 Å². The van der Waals surface area contributed by atoms with Crippen molar-refractivity contribution in [1.82, 2.24) is 0 Å². The van der Waals surface area contributed by atoms with Gasteiger partial charge < -0.3 is 10.1 Å². The summed E-state index contributed by atoms with van der Waals surface area (Å²) < 4.78 is 5.19. The fourth-order valence-electron chi connectivity index (χ4n) is 2.27. The Balaban J connectivity index is 2.04. The molecule has 0 saturated heterocycles. The average Bonchev–Trinajstić information content (AvgIpc) is 2.96. The molecule has 1 aromatic carbocycles. The van der Waals surface area contributed by atoms with E-state index in [1.165, 1.54) is 11.3 Å². The van der Waals surface area contributed by atoms with Crippen LogP contribution in [0.3, 0.4) is 0 Å². The van der Waals surface area contributed by atoms with Gasteiger partial charge in [-0.15, -0.1) is 11.3 Å². The van der Waals surface area contributed by atoms with Gasteiger partial charge in [-0.05, 0) is 50.3 Å². The van der Waals surface area contributed by atoms with Crippen molar-refractivity contribution in [2.75, 3.05) is 5.32 Å². The molecule has 0 fully saturated rings. The fraction of sp³-hybridized carbons (Fsp3) is 0.294. The van der Waals surface area contributed by atoms with Gasteiger partial charge in [-0.2, -0.15) is 0 Å². The predicted molar refractivity (Wildman–Crippen MR) is 88.5 cm³/mol. The van der Waals surface area contributed by atoms with E-state index < -0.39 is 12.1 Å². The van der Waals surface area contributed by atoms with Crippen LogP contribution in [0.2, 0.25) is 0 Å². The van der Waals surface area contributed by atoms with E-state index in [1.54, 1.807) is 24.4 Å². The number of rotatable bonds is 4. The molecular weight excluding hydrogens is 298 g/mol. The second-order valence-electron chi connectivity index (χ2n) is 5.29. The molecular formula is C17H19NO3S. The van der Waals surface area contributed by atoms with Crippen LogP contribution >= 0.6 is 11.3 Å². The van der Waals surface area contributed by atoms with Crippen molar-refractivity contribution in [3.05, 3.63) is 51.2 Å². The van der Waals surface area contributed by atoms with Crippen LogP contribution in [-0.4, -0.2) is 18.0 Å². The molecule has 2 rings (SSSR count). The zero-order valence-corrected chi connectivity index (χ0v) is 13.9. The summed E-state index contributed by atoms with van der Waals surface area (Å²) in [6.45, 7) is 7.46. The molecule has 0 aliphatic rings. The second-order valence-corrected chi connectivity index (χ2v) is 6.24. The standard InChI is InChI=1S/C17H19NO3S/c1-10-8-11(2)15(12(3)9-10)18-16(19)13(4)21-17(20)14-6-5-7-22-14/h5-9,13H,1-4H3,(H,18,19)/t13-/m1/s1. The van der Waals surface area contributed by atoms with Gasteiger partial charge in [0.1, 0.15) is 4.88 Å². The van der Waals surface area contributed by atoms with Crippen molar-refractivity contribution < 1.29 is 14.3 Å². The van der Waals surface area contributed by atoms with E-state index in [2.05, 4.69) is 5.32 Å². The van der Waals surface area contributed by atoms with Crippen LogP contribution in [0.1, 0.15) is 33.3 Å². The average molecular weight is 317 g/mol. The number of benzene rings is 1. The van der Waals surface area contributed by atoms with Gasteiger partial charge in [-0.3, -0.25) is 4.79 Å². The number of nitrogens with one attached hydrogen (secondary N) is 1. The summed E-state index contributed by atoms with van der Waals surface area (Å²) in [5.74, 6) is -0.810. The number of carbonyl (C=O) groups is 2. The first-order chi connectivity index (χ1) is 10.4. The Morgan fingerprint density at radius 1 is 1.18 bits per heavy atom. The summed E-state index contributed by atoms with van der Waals surface area (Å²) >= 11 is 1.29. The molecule has 5 heteroatoms. The van der Waals surface area contributed by atoms with Gasteiger partial charge in [-0.1, -0.05) is 23.8 Å². The fourth-order valence-corrected chi connectivity index (χ4v) is 2.87. The molecule has 1 aromatic heterocycles. The van der Waals surface area contributed by atoms with E-state index in [9.17, 15) is 9.59 Å². The molecule has 0 spiro atoms. The number of amides is 1. The van der Waals surface area contributed by atoms with Crippen molar-refractivity contribution in [2.45, 2.75) is 33.8 Å². The summed E-state index contributed by atoms with van der Waals surface area (Å²) in [6, 6.07) is 7.45. The second kappa shape index (κ2) is 6.75. The number of thiophene rings is 1. The van der Waals surface area contributed by atoms with Crippen LogP contribution in [0.15, 0.2) is 29.6 Å². The molecule has 0 saturated carbocycles. The minimum atomic E-state index is -0.852. The molecule has 0 aliphatic heterocycles. The van der Waals surface area contributed by atoms with Crippen molar-refractivity contribution in [3.63, 3.8) is 0 Å². The largest absolute Gasteiger partial charge is 0.448 e. The summed E-state index contributed by atoms with van der Waals surface area (Å²) in [4.78, 5) is 24.6. The van der Waals surface area contributed by atoms with Crippen LogP contribution in [0.4, 0.5) is 5.69 Å². The monoisotopic (exact) mass is 317 g/mol. The van der Waals surface area contributed by atoms with E-state index >= 15 is 0 Å². The minimum absolute atomic E-state index is 0.333. The number of carbonyl (C=O) groups excluding carboxylic acids is 2. The lowest BCUT2D eigenvalue weighted by molar-refractivity contribution is -0.123. The van der Waals surface area contributed by atoms with Crippen LogP contribution in [-0.2, 0) is 9.53 Å². The third-order valence-electron chi connectivity index (χ3n) is 3.30. The highest BCUT2D eigenvalue weighted by Crippen LogP contribution is 2.22. The Morgan fingerprint density at radius 2 is 1.82 bits per heavy atom. The van der Waals surface area contributed by atoms with Crippen LogP contribution in [0, 0.1) is 20.8 Å². The van der Waals surface area contributed by atoms with E-state index in [0.29, 0.717) is 4.88 Å². The van der Waals surface area contributed by atoms with Gasteiger partial charge in [0, 0.05) is 5.69 Å². The highest BCUT2D eigenvalue weighted by Gasteiger charge is 2.20. The van der Waals surface area contributed by atoms with Crippen molar-refractivity contribution in [2.24, 2.45) is 0 Å².